The summed E-state index contributed by atoms with van der Waals surface area (Å²) in [6.07, 6.45) is -4.60. The van der Waals surface area contributed by atoms with Crippen LogP contribution in [0.5, 0.6) is 5.88 Å². The molecule has 3 rings (SSSR count). The Balaban J connectivity index is 2.28. The molecule has 0 aliphatic rings. The van der Waals surface area contributed by atoms with Gasteiger partial charge in [0.1, 0.15) is 10.7 Å². The van der Waals surface area contributed by atoms with Gasteiger partial charge in [0, 0.05) is 32.5 Å². The third-order valence-electron chi connectivity index (χ3n) is 3.45. The minimum absolute atomic E-state index is 0.0516. The summed E-state index contributed by atoms with van der Waals surface area (Å²) in [7, 11) is -3.08. The van der Waals surface area contributed by atoms with Gasteiger partial charge in [0.05, 0.1) is 12.6 Å². The number of rotatable bonds is 5. The average molecular weight is 388 g/mol. The molecule has 0 spiro atoms. The summed E-state index contributed by atoms with van der Waals surface area (Å²) in [6, 6.07) is 3.27. The van der Waals surface area contributed by atoms with E-state index in [0.29, 0.717) is 0 Å². The third kappa shape index (κ3) is 3.35. The van der Waals surface area contributed by atoms with Crippen LogP contribution in [-0.4, -0.2) is 36.5 Å². The Morgan fingerprint density at radius 3 is 2.77 bits per heavy atom. The Hall–Kier alpha value is -2.66. The molecule has 0 unspecified atom stereocenters. The largest absolute Gasteiger partial charge is 0.481 e. The number of aromatic nitrogens is 3. The lowest BCUT2D eigenvalue weighted by atomic mass is 10.2. The second kappa shape index (κ2) is 6.57. The number of alkyl halides is 2. The van der Waals surface area contributed by atoms with Crippen molar-refractivity contribution in [1.29, 1.82) is 0 Å². The maximum absolute atomic E-state index is 13.7. The standard InChI is InChI=1S/C15H13F3N4O3S/c1-25-14-8(4-13(17)18)6-20-15(21-14)22-7-12(26(19,23)24)10-3-2-9(16)5-11(10)22/h2-3,5-7,13H,4H2,1H3,(H2,19,23,24)/i4D2. The van der Waals surface area contributed by atoms with Crippen LogP contribution in [0.15, 0.2) is 35.5 Å². The van der Waals surface area contributed by atoms with E-state index in [1.807, 2.05) is 0 Å². The van der Waals surface area contributed by atoms with Gasteiger partial charge >= 0.3 is 0 Å². The van der Waals surface area contributed by atoms with E-state index >= 15 is 0 Å². The molecule has 7 nitrogen and oxygen atoms in total. The molecule has 0 aliphatic heterocycles. The van der Waals surface area contributed by atoms with Gasteiger partial charge in [0.15, 0.2) is 0 Å². The summed E-state index contributed by atoms with van der Waals surface area (Å²) in [5, 5.41) is 5.29. The van der Waals surface area contributed by atoms with Crippen molar-refractivity contribution in [2.75, 3.05) is 7.11 Å². The van der Waals surface area contributed by atoms with E-state index in [1.165, 1.54) is 6.07 Å². The van der Waals surface area contributed by atoms with Crippen molar-refractivity contribution < 1.29 is 29.1 Å². The SMILES string of the molecule is [2H]C([2H])(c1cnc(-n2cc(S(N)(=O)=O)c3ccc(F)cc32)nc1OC)C(F)F. The molecule has 0 aliphatic carbocycles. The van der Waals surface area contributed by atoms with Crippen LogP contribution < -0.4 is 9.88 Å². The van der Waals surface area contributed by atoms with Gasteiger partial charge in [0.25, 0.3) is 0 Å². The van der Waals surface area contributed by atoms with Crippen LogP contribution in [0.3, 0.4) is 0 Å². The molecule has 138 valence electrons. The Bertz CT molecular complexity index is 1170. The minimum atomic E-state index is -4.18. The van der Waals surface area contributed by atoms with Crippen molar-refractivity contribution >= 4 is 20.9 Å². The third-order valence-corrected chi connectivity index (χ3v) is 4.39. The van der Waals surface area contributed by atoms with Crippen molar-refractivity contribution in [1.82, 2.24) is 14.5 Å². The van der Waals surface area contributed by atoms with Gasteiger partial charge in [-0.3, -0.25) is 4.57 Å². The van der Waals surface area contributed by atoms with Crippen molar-refractivity contribution in [3.63, 3.8) is 0 Å². The van der Waals surface area contributed by atoms with E-state index in [1.54, 1.807) is 0 Å². The molecule has 0 atom stereocenters. The lowest BCUT2D eigenvalue weighted by molar-refractivity contribution is 0.147. The number of hydrogen-bond donors (Lipinski definition) is 1. The summed E-state index contributed by atoms with van der Waals surface area (Å²) in [5.74, 6) is -1.41. The maximum atomic E-state index is 13.7. The summed E-state index contributed by atoms with van der Waals surface area (Å²) in [6.45, 7) is 0. The highest BCUT2D eigenvalue weighted by Crippen LogP contribution is 2.28. The highest BCUT2D eigenvalue weighted by atomic mass is 32.2. The molecule has 3 aromatic rings. The number of halogens is 3. The number of ether oxygens (including phenoxy) is 1. The molecule has 0 saturated heterocycles. The Kier molecular flexibility index (Phi) is 3.94. The smallest absolute Gasteiger partial charge is 0.242 e. The number of methoxy groups -OCH3 is 1. The van der Waals surface area contributed by atoms with E-state index in [4.69, 9.17) is 12.6 Å². The molecule has 11 heteroatoms. The van der Waals surface area contributed by atoms with Crippen LogP contribution >= 0.6 is 0 Å². The van der Waals surface area contributed by atoms with Crippen LogP contribution in [0.4, 0.5) is 13.2 Å². The highest BCUT2D eigenvalue weighted by Gasteiger charge is 2.21. The zero-order valence-corrected chi connectivity index (χ0v) is 14.0. The topological polar surface area (TPSA) is 100 Å². The first kappa shape index (κ1) is 15.6. The van der Waals surface area contributed by atoms with Crippen LogP contribution in [-0.2, 0) is 16.4 Å². The van der Waals surface area contributed by atoms with Crippen LogP contribution in [0.25, 0.3) is 16.9 Å². The first-order valence-corrected chi connectivity index (χ1v) is 8.55. The number of primary sulfonamides is 1. The molecule has 0 radical (unpaired) electrons. The summed E-state index contributed by atoms with van der Waals surface area (Å²) < 4.78 is 84.4. The second-order valence-corrected chi connectivity index (χ2v) is 6.64. The number of nitrogens with zero attached hydrogens (tertiary/aromatic N) is 3. The molecule has 26 heavy (non-hydrogen) atoms. The van der Waals surface area contributed by atoms with Gasteiger partial charge in [-0.25, -0.2) is 31.7 Å². The molecular formula is C15H13F3N4O3S. The zero-order chi connectivity index (χ0) is 20.9. The Morgan fingerprint density at radius 1 is 1.42 bits per heavy atom. The van der Waals surface area contributed by atoms with Crippen molar-refractivity contribution in [3.8, 4) is 11.8 Å². The van der Waals surface area contributed by atoms with Gasteiger partial charge in [-0.15, -0.1) is 0 Å². The number of fused-ring (bicyclic) bond motifs is 1. The van der Waals surface area contributed by atoms with E-state index < -0.39 is 40.1 Å². The molecular weight excluding hydrogens is 373 g/mol. The number of nitrogens with two attached hydrogens (primary N) is 1. The molecule has 2 heterocycles. The molecule has 2 aromatic heterocycles. The lowest BCUT2D eigenvalue weighted by Crippen LogP contribution is -2.11. The predicted octanol–water partition coefficient (Wildman–Crippen LogP) is 2.02. The van der Waals surface area contributed by atoms with Gasteiger partial charge in [0.2, 0.25) is 28.3 Å². The Morgan fingerprint density at radius 2 is 2.15 bits per heavy atom. The van der Waals surface area contributed by atoms with Gasteiger partial charge in [-0.2, -0.15) is 4.98 Å². The molecule has 0 fully saturated rings. The van der Waals surface area contributed by atoms with Gasteiger partial charge in [-0.1, -0.05) is 0 Å². The number of sulfonamides is 1. The monoisotopic (exact) mass is 388 g/mol. The molecule has 0 bridgehead atoms. The summed E-state index contributed by atoms with van der Waals surface area (Å²) in [5.41, 5.74) is -0.543. The minimum Gasteiger partial charge on any atom is -0.481 e. The van der Waals surface area contributed by atoms with Crippen molar-refractivity contribution in [2.24, 2.45) is 5.14 Å². The molecule has 0 saturated carbocycles. The fourth-order valence-electron chi connectivity index (χ4n) is 2.41. The molecule has 0 amide bonds. The lowest BCUT2D eigenvalue weighted by Gasteiger charge is -2.09. The second-order valence-electron chi connectivity index (χ2n) is 5.11. The number of benzene rings is 1. The zero-order valence-electron chi connectivity index (χ0n) is 15.1. The fourth-order valence-corrected chi connectivity index (χ4v) is 3.14. The van der Waals surface area contributed by atoms with E-state index in [-0.39, 0.29) is 21.7 Å². The van der Waals surface area contributed by atoms with Gasteiger partial charge in [-0.05, 0) is 18.2 Å². The van der Waals surface area contributed by atoms with Crippen molar-refractivity contribution in [3.05, 3.63) is 42.0 Å². The quantitative estimate of drug-likeness (QED) is 0.721. The Labute approximate surface area is 149 Å². The normalized spacial score (nSPS) is 13.8. The summed E-state index contributed by atoms with van der Waals surface area (Å²) >= 11 is 0. The fraction of sp³-hybridized carbons (Fsp3) is 0.200. The highest BCUT2D eigenvalue weighted by molar-refractivity contribution is 7.89. The number of hydrogen-bond acceptors (Lipinski definition) is 5. The van der Waals surface area contributed by atoms with E-state index in [2.05, 4.69) is 9.97 Å². The van der Waals surface area contributed by atoms with Crippen molar-refractivity contribution in [2.45, 2.75) is 17.7 Å². The summed E-state index contributed by atoms with van der Waals surface area (Å²) in [4.78, 5) is 7.38. The van der Waals surface area contributed by atoms with Crippen LogP contribution in [0, 0.1) is 5.82 Å². The average Bonchev–Trinajstić information content (AvgIpc) is 2.99. The predicted molar refractivity (Wildman–Crippen MR) is 86.5 cm³/mol. The van der Waals surface area contributed by atoms with Crippen LogP contribution in [0.2, 0.25) is 0 Å². The van der Waals surface area contributed by atoms with Gasteiger partial charge < -0.3 is 4.74 Å². The molecule has 2 N–H and O–H groups in total. The van der Waals surface area contributed by atoms with Crippen LogP contribution in [0.1, 0.15) is 8.30 Å². The van der Waals surface area contributed by atoms with E-state index in [0.717, 1.165) is 36.2 Å². The first-order chi connectivity index (χ1) is 13.0. The maximum Gasteiger partial charge on any atom is 0.242 e. The molecule has 1 aromatic carbocycles. The van der Waals surface area contributed by atoms with E-state index in [9.17, 15) is 21.6 Å². The first-order valence-electron chi connectivity index (χ1n) is 8.00.